The van der Waals surface area contributed by atoms with E-state index >= 15 is 0 Å². The molecule has 0 radical (unpaired) electrons. The third kappa shape index (κ3) is 5.15. The molecule has 0 bridgehead atoms. The molecule has 5 aromatic carbocycles. The molecule has 0 unspecified atom stereocenters. The van der Waals surface area contributed by atoms with Crippen LogP contribution in [0, 0.1) is 0 Å². The predicted molar refractivity (Wildman–Crippen MR) is 185 cm³/mol. The molecule has 2 aromatic heterocycles. The van der Waals surface area contributed by atoms with Crippen LogP contribution in [0.3, 0.4) is 0 Å². The zero-order valence-electron chi connectivity index (χ0n) is 25.5. The highest BCUT2D eigenvalue weighted by molar-refractivity contribution is 7.32. The van der Waals surface area contributed by atoms with Crippen molar-refractivity contribution in [2.24, 2.45) is 0 Å². The Morgan fingerprint density at radius 1 is 0.682 bits per heavy atom. The van der Waals surface area contributed by atoms with Crippen LogP contribution in [0.1, 0.15) is 20.8 Å². The second kappa shape index (κ2) is 10.9. The van der Waals surface area contributed by atoms with Crippen LogP contribution in [0.15, 0.2) is 124 Å². The van der Waals surface area contributed by atoms with Crippen molar-refractivity contribution in [3.63, 3.8) is 0 Å². The van der Waals surface area contributed by atoms with E-state index in [1.165, 1.54) is 0 Å². The zero-order chi connectivity index (χ0) is 30.5. The second-order valence-corrected chi connectivity index (χ2v) is 18.3. The lowest BCUT2D eigenvalue weighted by molar-refractivity contribution is 0.486. The van der Waals surface area contributed by atoms with Crippen molar-refractivity contribution in [2.75, 3.05) is 0 Å². The molecule has 220 valence electrons. The van der Waals surface area contributed by atoms with Crippen LogP contribution in [-0.2, 0) is 0 Å². The maximum atomic E-state index is 6.67. The van der Waals surface area contributed by atoms with Crippen LogP contribution in [0.4, 0.5) is 0 Å². The summed E-state index contributed by atoms with van der Waals surface area (Å²) in [5, 5.41) is 6.55. The molecule has 0 spiro atoms. The summed E-state index contributed by atoms with van der Waals surface area (Å²) in [5.41, 5.74) is 3.05. The van der Waals surface area contributed by atoms with E-state index in [0.717, 1.165) is 60.5 Å². The maximum absolute atomic E-state index is 6.67. The number of hydrogen-bond acceptors (Lipinski definition) is 5. The van der Waals surface area contributed by atoms with Crippen molar-refractivity contribution in [2.45, 2.75) is 38.9 Å². The SMILES string of the molecule is CC(C)(C)[Si](C)(C)Oc1ccc(Op2oc3ccc4ccccc4c3c3c(ccc4ccccc43)o2)c(-c2ccccn2)c1. The summed E-state index contributed by atoms with van der Waals surface area (Å²) in [6.07, 6.45) is 1.78. The van der Waals surface area contributed by atoms with Gasteiger partial charge in [0.2, 0.25) is 8.32 Å². The van der Waals surface area contributed by atoms with E-state index in [1.54, 1.807) is 6.20 Å². The summed E-state index contributed by atoms with van der Waals surface area (Å²) in [6, 6.07) is 36.8. The first kappa shape index (κ1) is 28.3. The maximum Gasteiger partial charge on any atom is 0.453 e. The molecule has 0 amide bonds. The summed E-state index contributed by atoms with van der Waals surface area (Å²) >= 11 is 0. The van der Waals surface area contributed by atoms with Gasteiger partial charge in [-0.05, 0) is 82.1 Å². The molecule has 0 aliphatic carbocycles. The lowest BCUT2D eigenvalue weighted by Crippen LogP contribution is -2.43. The van der Waals surface area contributed by atoms with E-state index < -0.39 is 16.6 Å². The first-order valence-electron chi connectivity index (χ1n) is 14.8. The molecule has 0 N–H and O–H groups in total. The Labute approximate surface area is 258 Å². The molecular formula is C37H34NO4PSi. The summed E-state index contributed by atoms with van der Waals surface area (Å²) in [4.78, 5) is 4.65. The van der Waals surface area contributed by atoms with Crippen molar-refractivity contribution in [3.8, 4) is 22.8 Å². The van der Waals surface area contributed by atoms with Gasteiger partial charge in [0.25, 0.3) is 0 Å². The Kier molecular flexibility index (Phi) is 6.99. The van der Waals surface area contributed by atoms with Gasteiger partial charge in [0.15, 0.2) is 0 Å². The monoisotopic (exact) mass is 615 g/mol. The van der Waals surface area contributed by atoms with Gasteiger partial charge in [-0.15, -0.1) is 0 Å². The van der Waals surface area contributed by atoms with Gasteiger partial charge in [-0.3, -0.25) is 4.98 Å². The summed E-state index contributed by atoms with van der Waals surface area (Å²) in [5.74, 6) is 1.41. The quantitative estimate of drug-likeness (QED) is 0.180. The summed E-state index contributed by atoms with van der Waals surface area (Å²) in [6.45, 7) is 11.2. The fourth-order valence-corrected chi connectivity index (χ4v) is 7.37. The summed E-state index contributed by atoms with van der Waals surface area (Å²) < 4.78 is 26.6. The van der Waals surface area contributed by atoms with Crippen LogP contribution in [0.25, 0.3) is 54.7 Å². The van der Waals surface area contributed by atoms with Crippen molar-refractivity contribution >= 4 is 60.0 Å². The van der Waals surface area contributed by atoms with E-state index in [4.69, 9.17) is 17.3 Å². The fourth-order valence-electron chi connectivity index (χ4n) is 5.29. The standard InChI is InChI=1S/C37H34NO4PSi/c1-37(2,3)44(4,5)42-27-19-22-32(30(24-27)31-16-10-11-23-38-31)39-43-40-33-20-17-25-12-6-8-14-28(25)35(33)36-29-15-9-7-13-26(29)18-21-34(36)41-43/h6-24H,1-5H3. The lowest BCUT2D eigenvalue weighted by atomic mass is 9.99. The molecule has 2 heterocycles. The topological polar surface area (TPSA) is 57.6 Å². The van der Waals surface area contributed by atoms with Crippen LogP contribution in [0.5, 0.6) is 11.5 Å². The minimum absolute atomic E-state index is 0.0632. The normalized spacial score (nSPS) is 12.2. The van der Waals surface area contributed by atoms with E-state index in [0.29, 0.717) is 5.75 Å². The Hall–Kier alpha value is -4.51. The molecule has 0 fully saturated rings. The zero-order valence-corrected chi connectivity index (χ0v) is 27.4. The van der Waals surface area contributed by atoms with Crippen LogP contribution >= 0.6 is 8.24 Å². The van der Waals surface area contributed by atoms with Gasteiger partial charge in [0.1, 0.15) is 22.7 Å². The molecule has 0 aliphatic heterocycles. The van der Waals surface area contributed by atoms with Gasteiger partial charge in [-0.2, -0.15) is 0 Å². The number of nitrogens with zero attached hydrogens (tertiary/aromatic N) is 1. The third-order valence-electron chi connectivity index (χ3n) is 8.62. The molecule has 0 saturated heterocycles. The Balaban J connectivity index is 1.44. The number of rotatable bonds is 5. The number of hydrogen-bond donors (Lipinski definition) is 0. The van der Waals surface area contributed by atoms with Crippen molar-refractivity contribution in [1.29, 1.82) is 0 Å². The molecular weight excluding hydrogens is 581 g/mol. The number of fused-ring (bicyclic) bond motifs is 7. The average Bonchev–Trinajstić information content (AvgIpc) is 3.18. The van der Waals surface area contributed by atoms with Gasteiger partial charge < -0.3 is 17.3 Å². The Morgan fingerprint density at radius 3 is 1.84 bits per heavy atom. The smallest absolute Gasteiger partial charge is 0.453 e. The number of benzene rings is 5. The summed E-state index contributed by atoms with van der Waals surface area (Å²) in [7, 11) is -3.95. The Morgan fingerprint density at radius 2 is 1.27 bits per heavy atom. The number of pyridine rings is 1. The lowest BCUT2D eigenvalue weighted by Gasteiger charge is -2.36. The van der Waals surface area contributed by atoms with Crippen LogP contribution < -0.4 is 8.95 Å². The molecule has 44 heavy (non-hydrogen) atoms. The van der Waals surface area contributed by atoms with Crippen molar-refractivity contribution < 1.29 is 17.3 Å². The van der Waals surface area contributed by atoms with Crippen LogP contribution in [0.2, 0.25) is 18.1 Å². The van der Waals surface area contributed by atoms with E-state index in [9.17, 15) is 0 Å². The van der Waals surface area contributed by atoms with Gasteiger partial charge in [-0.1, -0.05) is 87.5 Å². The molecule has 0 atom stereocenters. The second-order valence-electron chi connectivity index (χ2n) is 12.6. The van der Waals surface area contributed by atoms with Gasteiger partial charge in [0, 0.05) is 22.5 Å². The van der Waals surface area contributed by atoms with Gasteiger partial charge >= 0.3 is 8.24 Å². The largest absolute Gasteiger partial charge is 0.543 e. The molecule has 7 heteroatoms. The van der Waals surface area contributed by atoms with Crippen molar-refractivity contribution in [3.05, 3.63) is 115 Å². The minimum Gasteiger partial charge on any atom is -0.543 e. The van der Waals surface area contributed by atoms with Gasteiger partial charge in [-0.25, -0.2) is 0 Å². The molecule has 7 aromatic rings. The highest BCUT2D eigenvalue weighted by atomic mass is 31.1. The fraction of sp³-hybridized carbons (Fsp3) is 0.162. The highest BCUT2D eigenvalue weighted by Crippen LogP contribution is 2.45. The van der Waals surface area contributed by atoms with E-state index in [-0.39, 0.29) is 5.04 Å². The van der Waals surface area contributed by atoms with Gasteiger partial charge in [0.05, 0.1) is 5.69 Å². The highest BCUT2D eigenvalue weighted by Gasteiger charge is 2.39. The molecule has 5 nitrogen and oxygen atoms in total. The molecule has 7 rings (SSSR count). The molecule has 0 aliphatic rings. The number of aromatic nitrogens is 1. The average molecular weight is 616 g/mol. The van der Waals surface area contributed by atoms with E-state index in [2.05, 4.69) is 99.5 Å². The Bertz CT molecular complexity index is 2110. The third-order valence-corrected chi connectivity index (χ3v) is 14.0. The first-order valence-corrected chi connectivity index (χ1v) is 18.8. The van der Waals surface area contributed by atoms with E-state index in [1.807, 2.05) is 48.5 Å². The minimum atomic E-state index is -2.07. The predicted octanol–water partition coefficient (Wildman–Crippen LogP) is 11.9. The van der Waals surface area contributed by atoms with Crippen LogP contribution in [-0.4, -0.2) is 13.3 Å². The first-order chi connectivity index (χ1) is 21.2. The molecule has 0 saturated carbocycles. The van der Waals surface area contributed by atoms with Crippen molar-refractivity contribution in [1.82, 2.24) is 4.98 Å².